The van der Waals surface area contributed by atoms with Crippen LogP contribution in [-0.4, -0.2) is 23.3 Å². The van der Waals surface area contributed by atoms with E-state index in [9.17, 15) is 9.59 Å². The predicted octanol–water partition coefficient (Wildman–Crippen LogP) is 3.56. The Morgan fingerprint density at radius 1 is 1.48 bits per heavy atom. The summed E-state index contributed by atoms with van der Waals surface area (Å²) in [6.07, 6.45) is 6.23. The summed E-state index contributed by atoms with van der Waals surface area (Å²) < 4.78 is 10.6. The lowest BCUT2D eigenvalue weighted by Gasteiger charge is -2.19. The molecule has 0 bridgehead atoms. The number of allylic oxidation sites excluding steroid dienone is 1. The number of esters is 1. The highest BCUT2D eigenvalue weighted by Crippen LogP contribution is 2.35. The maximum Gasteiger partial charge on any atom is 0.355 e. The zero-order valence-electron chi connectivity index (χ0n) is 13.2. The molecule has 1 aliphatic carbocycles. The summed E-state index contributed by atoms with van der Waals surface area (Å²) in [7, 11) is 0. The summed E-state index contributed by atoms with van der Waals surface area (Å²) in [5, 5.41) is 0. The Morgan fingerprint density at radius 3 is 3.00 bits per heavy atom. The normalized spacial score (nSPS) is 17.5. The molecular weight excluding hydrogens is 294 g/mol. The Hall–Kier alpha value is -2.56. The van der Waals surface area contributed by atoms with Gasteiger partial charge >= 0.3 is 5.97 Å². The van der Waals surface area contributed by atoms with Crippen molar-refractivity contribution in [3.05, 3.63) is 58.8 Å². The van der Waals surface area contributed by atoms with E-state index in [0.29, 0.717) is 29.7 Å². The average Bonchev–Trinajstić information content (AvgIpc) is 3.15. The topological polar surface area (TPSA) is 72.3 Å². The van der Waals surface area contributed by atoms with E-state index in [0.717, 1.165) is 11.5 Å². The van der Waals surface area contributed by atoms with Crippen molar-refractivity contribution in [1.82, 2.24) is 4.98 Å². The number of hydrogen-bond acceptors (Lipinski definition) is 4. The molecule has 2 aromatic rings. The van der Waals surface area contributed by atoms with Crippen molar-refractivity contribution < 1.29 is 18.7 Å². The lowest BCUT2D eigenvalue weighted by molar-refractivity contribution is 0.0542. The van der Waals surface area contributed by atoms with Gasteiger partial charge in [-0.05, 0) is 38.0 Å². The Labute approximate surface area is 134 Å². The SMILES string of the molecule is C/C=C/COC(=O)c1[nH]c2c(c1C)C(=O)C[C@H](c1ccco1)C2. The summed E-state index contributed by atoms with van der Waals surface area (Å²) in [4.78, 5) is 27.7. The molecule has 2 heterocycles. The van der Waals surface area contributed by atoms with Crippen LogP contribution in [-0.2, 0) is 11.2 Å². The molecule has 5 nitrogen and oxygen atoms in total. The molecule has 1 N–H and O–H groups in total. The van der Waals surface area contributed by atoms with E-state index in [-0.39, 0.29) is 18.3 Å². The first-order chi connectivity index (χ1) is 11.1. The molecule has 0 saturated carbocycles. The van der Waals surface area contributed by atoms with E-state index in [1.54, 1.807) is 19.3 Å². The van der Waals surface area contributed by atoms with E-state index in [4.69, 9.17) is 9.15 Å². The third-order valence-corrected chi connectivity index (χ3v) is 4.18. The quantitative estimate of drug-likeness (QED) is 0.692. The van der Waals surface area contributed by atoms with Gasteiger partial charge in [-0.2, -0.15) is 0 Å². The summed E-state index contributed by atoms with van der Waals surface area (Å²) in [6.45, 7) is 3.87. The summed E-state index contributed by atoms with van der Waals surface area (Å²) in [5.74, 6) is 0.412. The van der Waals surface area contributed by atoms with Crippen LogP contribution in [0.3, 0.4) is 0 Å². The zero-order valence-corrected chi connectivity index (χ0v) is 13.2. The summed E-state index contributed by atoms with van der Waals surface area (Å²) in [6, 6.07) is 3.70. The minimum Gasteiger partial charge on any atom is -0.469 e. The number of ether oxygens (including phenoxy) is 1. The Morgan fingerprint density at radius 2 is 2.30 bits per heavy atom. The number of rotatable bonds is 4. The van der Waals surface area contributed by atoms with Crippen molar-refractivity contribution in [2.24, 2.45) is 0 Å². The number of aromatic amines is 1. The standard InChI is InChI=1S/C18H19NO4/c1-3-4-7-23-18(21)17-11(2)16-13(19-17)9-12(10-14(16)20)15-6-5-8-22-15/h3-6,8,12,19H,7,9-10H2,1-2H3/b4-3+/t12-/m1/s1. The van der Waals surface area contributed by atoms with Crippen molar-refractivity contribution in [2.45, 2.75) is 32.6 Å². The van der Waals surface area contributed by atoms with Gasteiger partial charge in [-0.25, -0.2) is 4.79 Å². The molecule has 5 heteroatoms. The fourth-order valence-corrected chi connectivity index (χ4v) is 3.05. The lowest BCUT2D eigenvalue weighted by atomic mass is 9.84. The Balaban J connectivity index is 1.87. The van der Waals surface area contributed by atoms with E-state index in [1.165, 1.54) is 0 Å². The Bertz CT molecular complexity index is 752. The van der Waals surface area contributed by atoms with Gasteiger partial charge in [-0.1, -0.05) is 12.2 Å². The lowest BCUT2D eigenvalue weighted by Crippen LogP contribution is -2.18. The second-order valence-corrected chi connectivity index (χ2v) is 5.69. The number of furan rings is 1. The molecule has 1 aliphatic rings. The Kier molecular flexibility index (Phi) is 4.19. The molecule has 0 aromatic carbocycles. The molecule has 2 aromatic heterocycles. The van der Waals surface area contributed by atoms with E-state index >= 15 is 0 Å². The van der Waals surface area contributed by atoms with Crippen molar-refractivity contribution in [3.8, 4) is 0 Å². The number of nitrogens with one attached hydrogen (secondary N) is 1. The van der Waals surface area contributed by atoms with Crippen molar-refractivity contribution in [1.29, 1.82) is 0 Å². The molecule has 0 aliphatic heterocycles. The molecule has 0 fully saturated rings. The maximum absolute atomic E-state index is 12.5. The number of carbonyl (C=O) groups excluding carboxylic acids is 2. The number of carbonyl (C=O) groups is 2. The highest BCUT2D eigenvalue weighted by Gasteiger charge is 2.33. The smallest absolute Gasteiger partial charge is 0.355 e. The van der Waals surface area contributed by atoms with Crippen LogP contribution in [0.4, 0.5) is 0 Å². The van der Waals surface area contributed by atoms with Gasteiger partial charge in [0.15, 0.2) is 5.78 Å². The number of hydrogen-bond donors (Lipinski definition) is 1. The molecule has 1 atom stereocenters. The van der Waals surface area contributed by atoms with Gasteiger partial charge in [0.1, 0.15) is 18.1 Å². The van der Waals surface area contributed by atoms with Crippen LogP contribution in [0.15, 0.2) is 35.0 Å². The number of Topliss-reactive ketones (excluding diaryl/α,β-unsaturated/α-hetero) is 1. The van der Waals surface area contributed by atoms with Crippen LogP contribution in [0, 0.1) is 6.92 Å². The van der Waals surface area contributed by atoms with Gasteiger partial charge in [0.25, 0.3) is 0 Å². The van der Waals surface area contributed by atoms with Gasteiger partial charge in [-0.3, -0.25) is 4.79 Å². The van der Waals surface area contributed by atoms with Crippen molar-refractivity contribution in [2.75, 3.05) is 6.61 Å². The fourth-order valence-electron chi connectivity index (χ4n) is 3.05. The molecule has 0 radical (unpaired) electrons. The molecular formula is C18H19NO4. The first-order valence-electron chi connectivity index (χ1n) is 7.68. The van der Waals surface area contributed by atoms with E-state index in [2.05, 4.69) is 4.98 Å². The summed E-state index contributed by atoms with van der Waals surface area (Å²) in [5.41, 5.74) is 2.46. The second kappa shape index (κ2) is 6.28. The number of ketones is 1. The van der Waals surface area contributed by atoms with Gasteiger partial charge in [-0.15, -0.1) is 0 Å². The molecule has 0 spiro atoms. The minimum absolute atomic E-state index is 0.00921. The molecule has 3 rings (SSSR count). The van der Waals surface area contributed by atoms with Crippen molar-refractivity contribution >= 4 is 11.8 Å². The van der Waals surface area contributed by atoms with Crippen LogP contribution in [0.2, 0.25) is 0 Å². The van der Waals surface area contributed by atoms with Crippen LogP contribution >= 0.6 is 0 Å². The van der Waals surface area contributed by atoms with Gasteiger partial charge in [0.05, 0.1) is 6.26 Å². The van der Waals surface area contributed by atoms with Gasteiger partial charge < -0.3 is 14.1 Å². The third-order valence-electron chi connectivity index (χ3n) is 4.18. The molecule has 0 saturated heterocycles. The first-order valence-corrected chi connectivity index (χ1v) is 7.68. The summed E-state index contributed by atoms with van der Waals surface area (Å²) >= 11 is 0. The highest BCUT2D eigenvalue weighted by molar-refractivity contribution is 6.03. The maximum atomic E-state index is 12.5. The van der Waals surface area contributed by atoms with Gasteiger partial charge in [0, 0.05) is 23.6 Å². The van der Waals surface area contributed by atoms with Crippen LogP contribution in [0.5, 0.6) is 0 Å². The molecule has 0 amide bonds. The fraction of sp³-hybridized carbons (Fsp3) is 0.333. The minimum atomic E-state index is -0.433. The van der Waals surface area contributed by atoms with E-state index in [1.807, 2.05) is 25.1 Å². The van der Waals surface area contributed by atoms with Crippen LogP contribution in [0.25, 0.3) is 0 Å². The van der Waals surface area contributed by atoms with E-state index < -0.39 is 5.97 Å². The molecule has 23 heavy (non-hydrogen) atoms. The third kappa shape index (κ3) is 2.86. The van der Waals surface area contributed by atoms with Gasteiger partial charge in [0.2, 0.25) is 0 Å². The average molecular weight is 313 g/mol. The number of H-pyrrole nitrogens is 1. The largest absolute Gasteiger partial charge is 0.469 e. The van der Waals surface area contributed by atoms with Crippen LogP contribution < -0.4 is 0 Å². The van der Waals surface area contributed by atoms with Crippen LogP contribution in [0.1, 0.15) is 57.1 Å². The second-order valence-electron chi connectivity index (χ2n) is 5.69. The predicted molar refractivity (Wildman–Crippen MR) is 84.7 cm³/mol. The number of fused-ring (bicyclic) bond motifs is 1. The van der Waals surface area contributed by atoms with Crippen molar-refractivity contribution in [3.63, 3.8) is 0 Å². The first kappa shape index (κ1) is 15.3. The zero-order chi connectivity index (χ0) is 16.4. The molecule has 0 unspecified atom stereocenters. The highest BCUT2D eigenvalue weighted by atomic mass is 16.5. The monoisotopic (exact) mass is 313 g/mol. The molecule has 120 valence electrons. The number of aromatic nitrogens is 1.